The van der Waals surface area contributed by atoms with Crippen molar-refractivity contribution in [2.75, 3.05) is 13.1 Å². The lowest BCUT2D eigenvalue weighted by Gasteiger charge is -2.32. The third-order valence-electron chi connectivity index (χ3n) is 4.18. The summed E-state index contributed by atoms with van der Waals surface area (Å²) in [7, 11) is 0. The minimum atomic E-state index is -0.242. The summed E-state index contributed by atoms with van der Waals surface area (Å²) in [6.45, 7) is 7.86. The fourth-order valence-corrected chi connectivity index (χ4v) is 3.00. The van der Waals surface area contributed by atoms with E-state index in [1.165, 1.54) is 6.07 Å². The van der Waals surface area contributed by atoms with E-state index in [0.717, 1.165) is 24.1 Å². The quantitative estimate of drug-likeness (QED) is 0.927. The monoisotopic (exact) mass is 290 g/mol. The van der Waals surface area contributed by atoms with Crippen LogP contribution in [-0.4, -0.2) is 30.0 Å². The first-order valence-electron chi connectivity index (χ1n) is 7.17. The molecule has 1 amide bonds. The standard InChI is InChI=1S/C16H19FN2O2/c1-10(2)12-7-11(3-4-14(12)17)8-19-6-5-15-13(9-19)16(20)18-21-15/h3-4,7,13,15H,1,5-6,8-9H2,2H3,(H,18,20). The molecule has 0 aliphatic carbocycles. The van der Waals surface area contributed by atoms with Gasteiger partial charge in [-0.15, -0.1) is 0 Å². The third kappa shape index (κ3) is 2.84. The Morgan fingerprint density at radius 1 is 1.57 bits per heavy atom. The molecule has 112 valence electrons. The Hall–Kier alpha value is -1.72. The Balaban J connectivity index is 1.71. The van der Waals surface area contributed by atoms with Gasteiger partial charge in [0.25, 0.3) is 5.91 Å². The van der Waals surface area contributed by atoms with Gasteiger partial charge in [0.2, 0.25) is 0 Å². The van der Waals surface area contributed by atoms with E-state index >= 15 is 0 Å². The number of amides is 1. The molecule has 2 aliphatic rings. The number of carbonyl (C=O) groups is 1. The molecule has 0 radical (unpaired) electrons. The first-order valence-corrected chi connectivity index (χ1v) is 7.17. The molecule has 0 saturated carbocycles. The van der Waals surface area contributed by atoms with E-state index in [0.29, 0.717) is 18.7 Å². The molecule has 1 aromatic carbocycles. The molecule has 2 aliphatic heterocycles. The van der Waals surface area contributed by atoms with Gasteiger partial charge in [-0.2, -0.15) is 0 Å². The zero-order valence-corrected chi connectivity index (χ0v) is 12.1. The van der Waals surface area contributed by atoms with Crippen LogP contribution in [0.1, 0.15) is 24.5 Å². The summed E-state index contributed by atoms with van der Waals surface area (Å²) in [5.41, 5.74) is 4.76. The molecule has 2 atom stereocenters. The highest BCUT2D eigenvalue weighted by molar-refractivity contribution is 5.80. The molecule has 3 rings (SSSR count). The van der Waals surface area contributed by atoms with Crippen LogP contribution < -0.4 is 5.48 Å². The first-order chi connectivity index (χ1) is 10.0. The molecule has 0 aromatic heterocycles. The lowest BCUT2D eigenvalue weighted by atomic mass is 9.94. The number of hydroxylamine groups is 1. The second-order valence-corrected chi connectivity index (χ2v) is 5.85. The van der Waals surface area contributed by atoms with Crippen molar-refractivity contribution < 1.29 is 14.0 Å². The van der Waals surface area contributed by atoms with E-state index in [1.807, 2.05) is 6.07 Å². The number of piperidine rings is 1. The third-order valence-corrected chi connectivity index (χ3v) is 4.18. The van der Waals surface area contributed by atoms with Crippen molar-refractivity contribution in [3.05, 3.63) is 41.7 Å². The molecular formula is C16H19FN2O2. The Bertz CT molecular complexity index is 588. The van der Waals surface area contributed by atoms with Gasteiger partial charge in [-0.05, 0) is 36.6 Å². The van der Waals surface area contributed by atoms with Crippen molar-refractivity contribution in [2.24, 2.45) is 5.92 Å². The van der Waals surface area contributed by atoms with Gasteiger partial charge < -0.3 is 0 Å². The summed E-state index contributed by atoms with van der Waals surface area (Å²) in [5, 5.41) is 0. The zero-order chi connectivity index (χ0) is 15.0. The average Bonchev–Trinajstić information content (AvgIpc) is 2.82. The number of rotatable bonds is 3. The number of carbonyl (C=O) groups excluding carboxylic acids is 1. The molecule has 1 aromatic rings. The number of halogens is 1. The fraction of sp³-hybridized carbons (Fsp3) is 0.438. The Morgan fingerprint density at radius 3 is 3.14 bits per heavy atom. The Labute approximate surface area is 123 Å². The lowest BCUT2D eigenvalue weighted by molar-refractivity contribution is -0.126. The maximum atomic E-state index is 13.7. The van der Waals surface area contributed by atoms with Crippen LogP contribution in [-0.2, 0) is 16.2 Å². The van der Waals surface area contributed by atoms with Crippen molar-refractivity contribution in [3.8, 4) is 0 Å². The number of hydrogen-bond acceptors (Lipinski definition) is 3. The van der Waals surface area contributed by atoms with E-state index in [4.69, 9.17) is 4.84 Å². The van der Waals surface area contributed by atoms with E-state index in [9.17, 15) is 9.18 Å². The fourth-order valence-electron chi connectivity index (χ4n) is 3.00. The van der Waals surface area contributed by atoms with Crippen LogP contribution in [0.15, 0.2) is 24.8 Å². The minimum Gasteiger partial charge on any atom is -0.298 e. The number of hydrogen-bond donors (Lipinski definition) is 1. The maximum absolute atomic E-state index is 13.7. The molecule has 5 heteroatoms. The van der Waals surface area contributed by atoms with Crippen LogP contribution >= 0.6 is 0 Å². The van der Waals surface area contributed by atoms with Gasteiger partial charge in [-0.3, -0.25) is 14.5 Å². The number of likely N-dealkylation sites (tertiary alicyclic amines) is 1. The molecule has 2 heterocycles. The Kier molecular flexibility index (Phi) is 3.78. The van der Waals surface area contributed by atoms with E-state index < -0.39 is 0 Å². The minimum absolute atomic E-state index is 0.00653. The molecular weight excluding hydrogens is 271 g/mol. The molecule has 2 unspecified atom stereocenters. The van der Waals surface area contributed by atoms with Gasteiger partial charge in [-0.25, -0.2) is 9.87 Å². The summed E-state index contributed by atoms with van der Waals surface area (Å²) in [4.78, 5) is 19.1. The second-order valence-electron chi connectivity index (χ2n) is 5.85. The van der Waals surface area contributed by atoms with Gasteiger partial charge in [0.15, 0.2) is 0 Å². The number of nitrogens with one attached hydrogen (secondary N) is 1. The molecule has 2 saturated heterocycles. The Morgan fingerprint density at radius 2 is 2.38 bits per heavy atom. The molecule has 2 fully saturated rings. The van der Waals surface area contributed by atoms with Crippen LogP contribution in [0.25, 0.3) is 5.57 Å². The predicted molar refractivity (Wildman–Crippen MR) is 77.5 cm³/mol. The van der Waals surface area contributed by atoms with Crippen molar-refractivity contribution in [1.82, 2.24) is 10.4 Å². The number of nitrogens with zero attached hydrogens (tertiary/aromatic N) is 1. The van der Waals surface area contributed by atoms with E-state index in [-0.39, 0.29) is 23.7 Å². The van der Waals surface area contributed by atoms with Crippen molar-refractivity contribution in [3.63, 3.8) is 0 Å². The first kappa shape index (κ1) is 14.2. The molecule has 1 N–H and O–H groups in total. The lowest BCUT2D eigenvalue weighted by Crippen LogP contribution is -2.43. The summed E-state index contributed by atoms with van der Waals surface area (Å²) < 4.78 is 13.7. The average molecular weight is 290 g/mol. The van der Waals surface area contributed by atoms with Gasteiger partial charge in [0.05, 0.1) is 12.0 Å². The topological polar surface area (TPSA) is 41.6 Å². The highest BCUT2D eigenvalue weighted by atomic mass is 19.1. The van der Waals surface area contributed by atoms with Crippen molar-refractivity contribution >= 4 is 11.5 Å². The van der Waals surface area contributed by atoms with Crippen molar-refractivity contribution in [2.45, 2.75) is 26.0 Å². The molecule has 4 nitrogen and oxygen atoms in total. The van der Waals surface area contributed by atoms with Gasteiger partial charge >= 0.3 is 0 Å². The van der Waals surface area contributed by atoms with Crippen molar-refractivity contribution in [1.29, 1.82) is 0 Å². The summed E-state index contributed by atoms with van der Waals surface area (Å²) in [6, 6.07) is 5.12. The van der Waals surface area contributed by atoms with Crippen LogP contribution in [0, 0.1) is 11.7 Å². The second kappa shape index (κ2) is 5.58. The van der Waals surface area contributed by atoms with Gasteiger partial charge in [-0.1, -0.05) is 12.6 Å². The normalized spacial score (nSPS) is 25.5. The summed E-state index contributed by atoms with van der Waals surface area (Å²) in [5.74, 6) is -0.375. The van der Waals surface area contributed by atoms with Crippen LogP contribution in [0.5, 0.6) is 0 Å². The van der Waals surface area contributed by atoms with Crippen LogP contribution in [0.4, 0.5) is 4.39 Å². The van der Waals surface area contributed by atoms with E-state index in [2.05, 4.69) is 17.0 Å². The molecule has 0 bridgehead atoms. The van der Waals surface area contributed by atoms with Gasteiger partial charge in [0, 0.05) is 25.2 Å². The largest absolute Gasteiger partial charge is 0.298 e. The number of fused-ring (bicyclic) bond motifs is 1. The highest BCUT2D eigenvalue weighted by Crippen LogP contribution is 2.26. The highest BCUT2D eigenvalue weighted by Gasteiger charge is 2.40. The molecule has 21 heavy (non-hydrogen) atoms. The predicted octanol–water partition coefficient (Wildman–Crippen LogP) is 2.11. The number of benzene rings is 1. The van der Waals surface area contributed by atoms with Gasteiger partial charge in [0.1, 0.15) is 5.82 Å². The smallest absolute Gasteiger partial charge is 0.250 e. The van der Waals surface area contributed by atoms with Crippen LogP contribution in [0.2, 0.25) is 0 Å². The SMILES string of the molecule is C=C(C)c1cc(CN2CCC3ONC(=O)C3C2)ccc1F. The molecule has 0 spiro atoms. The maximum Gasteiger partial charge on any atom is 0.250 e. The van der Waals surface area contributed by atoms with Crippen LogP contribution in [0.3, 0.4) is 0 Å². The number of allylic oxidation sites excluding steroid dienone is 1. The van der Waals surface area contributed by atoms with E-state index in [1.54, 1.807) is 13.0 Å². The summed E-state index contributed by atoms with van der Waals surface area (Å²) >= 11 is 0. The summed E-state index contributed by atoms with van der Waals surface area (Å²) in [6.07, 6.45) is 0.825. The zero-order valence-electron chi connectivity index (χ0n) is 12.1.